The molecule has 0 saturated heterocycles. The van der Waals surface area contributed by atoms with E-state index in [0.717, 1.165) is 25.9 Å². The van der Waals surface area contributed by atoms with Gasteiger partial charge in [-0.3, -0.25) is 0 Å². The van der Waals surface area contributed by atoms with Crippen molar-refractivity contribution in [1.82, 2.24) is 5.32 Å². The Bertz CT molecular complexity index is 357. The molecule has 0 unspecified atom stereocenters. The van der Waals surface area contributed by atoms with Crippen LogP contribution in [0.1, 0.15) is 37.7 Å². The Morgan fingerprint density at radius 2 is 1.83 bits per heavy atom. The number of nitrogens with one attached hydrogen (secondary N) is 1. The first-order chi connectivity index (χ1) is 8.72. The summed E-state index contributed by atoms with van der Waals surface area (Å²) in [5.74, 6) is 0. The zero-order valence-corrected chi connectivity index (χ0v) is 11.9. The molecule has 0 aromatic heterocycles. The van der Waals surface area contributed by atoms with Gasteiger partial charge in [0.05, 0.1) is 5.60 Å². The standard InChI is InChI=1S/C15H23NOS/c1-18-14-7-5-13(6-8-14)11-16-12-15(17)9-3-2-4-10-15/h5-8,16-17H,2-4,9-12H2,1H3. The van der Waals surface area contributed by atoms with Crippen LogP contribution >= 0.6 is 11.8 Å². The van der Waals surface area contributed by atoms with Crippen LogP contribution in [0.25, 0.3) is 0 Å². The molecular formula is C15H23NOS. The normalized spacial score (nSPS) is 18.8. The van der Waals surface area contributed by atoms with E-state index < -0.39 is 5.60 Å². The monoisotopic (exact) mass is 265 g/mol. The third-order valence-corrected chi connectivity index (χ3v) is 4.47. The van der Waals surface area contributed by atoms with E-state index in [4.69, 9.17) is 0 Å². The second-order valence-electron chi connectivity index (χ2n) is 5.24. The maximum Gasteiger partial charge on any atom is 0.0771 e. The van der Waals surface area contributed by atoms with Gasteiger partial charge in [-0.05, 0) is 36.8 Å². The third-order valence-electron chi connectivity index (χ3n) is 3.73. The van der Waals surface area contributed by atoms with Gasteiger partial charge in [-0.15, -0.1) is 11.8 Å². The summed E-state index contributed by atoms with van der Waals surface area (Å²) < 4.78 is 0. The van der Waals surface area contributed by atoms with Crippen molar-refractivity contribution >= 4 is 11.8 Å². The van der Waals surface area contributed by atoms with Crippen molar-refractivity contribution in [3.8, 4) is 0 Å². The number of benzene rings is 1. The van der Waals surface area contributed by atoms with Crippen LogP contribution in [-0.2, 0) is 6.54 Å². The predicted molar refractivity (Wildman–Crippen MR) is 78.0 cm³/mol. The van der Waals surface area contributed by atoms with E-state index >= 15 is 0 Å². The summed E-state index contributed by atoms with van der Waals surface area (Å²) in [5, 5.41) is 13.8. The largest absolute Gasteiger partial charge is 0.389 e. The second kappa shape index (κ2) is 6.60. The summed E-state index contributed by atoms with van der Waals surface area (Å²) in [6.45, 7) is 1.56. The highest BCUT2D eigenvalue weighted by atomic mass is 32.2. The summed E-state index contributed by atoms with van der Waals surface area (Å²) in [5.41, 5.74) is 0.824. The number of hydrogen-bond acceptors (Lipinski definition) is 3. The van der Waals surface area contributed by atoms with Crippen molar-refractivity contribution in [1.29, 1.82) is 0 Å². The molecule has 0 amide bonds. The molecule has 0 spiro atoms. The minimum Gasteiger partial charge on any atom is -0.389 e. The van der Waals surface area contributed by atoms with Gasteiger partial charge in [-0.25, -0.2) is 0 Å². The van der Waals surface area contributed by atoms with Gasteiger partial charge in [0, 0.05) is 18.0 Å². The zero-order chi connectivity index (χ0) is 12.8. The molecule has 0 aliphatic heterocycles. The lowest BCUT2D eigenvalue weighted by Crippen LogP contribution is -2.41. The Balaban J connectivity index is 1.77. The van der Waals surface area contributed by atoms with Crippen LogP contribution in [0.5, 0.6) is 0 Å². The molecule has 1 aliphatic rings. The summed E-state index contributed by atoms with van der Waals surface area (Å²) in [6.07, 6.45) is 7.60. The summed E-state index contributed by atoms with van der Waals surface area (Å²) in [4.78, 5) is 1.30. The molecule has 2 nitrogen and oxygen atoms in total. The van der Waals surface area contributed by atoms with Crippen molar-refractivity contribution in [3.63, 3.8) is 0 Å². The molecule has 0 radical (unpaired) electrons. The number of hydrogen-bond donors (Lipinski definition) is 2. The van der Waals surface area contributed by atoms with Crippen LogP contribution in [0.2, 0.25) is 0 Å². The summed E-state index contributed by atoms with van der Waals surface area (Å²) >= 11 is 1.76. The Kier molecular flexibility index (Phi) is 5.10. The average Bonchev–Trinajstić information content (AvgIpc) is 2.40. The Morgan fingerprint density at radius 3 is 2.44 bits per heavy atom. The molecule has 1 aromatic carbocycles. The van der Waals surface area contributed by atoms with Crippen LogP contribution in [0.15, 0.2) is 29.2 Å². The fraction of sp³-hybridized carbons (Fsp3) is 0.600. The second-order valence-corrected chi connectivity index (χ2v) is 6.12. The van der Waals surface area contributed by atoms with Gasteiger partial charge in [0.15, 0.2) is 0 Å². The van der Waals surface area contributed by atoms with Crippen LogP contribution < -0.4 is 5.32 Å². The molecular weight excluding hydrogens is 242 g/mol. The predicted octanol–water partition coefficient (Wildman–Crippen LogP) is 3.19. The quantitative estimate of drug-likeness (QED) is 0.802. The fourth-order valence-corrected chi connectivity index (χ4v) is 2.98. The van der Waals surface area contributed by atoms with Gasteiger partial charge in [-0.1, -0.05) is 31.4 Å². The number of rotatable bonds is 5. The highest BCUT2D eigenvalue weighted by Crippen LogP contribution is 2.27. The molecule has 1 aliphatic carbocycles. The first-order valence-corrected chi connectivity index (χ1v) is 8.00. The SMILES string of the molecule is CSc1ccc(CNCC2(O)CCCCC2)cc1. The maximum absolute atomic E-state index is 10.4. The molecule has 0 heterocycles. The van der Waals surface area contributed by atoms with Gasteiger partial charge in [-0.2, -0.15) is 0 Å². The van der Waals surface area contributed by atoms with Crippen molar-refractivity contribution in [2.75, 3.05) is 12.8 Å². The van der Waals surface area contributed by atoms with E-state index in [1.54, 1.807) is 11.8 Å². The molecule has 100 valence electrons. The maximum atomic E-state index is 10.4. The lowest BCUT2D eigenvalue weighted by atomic mass is 9.85. The highest BCUT2D eigenvalue weighted by Gasteiger charge is 2.28. The van der Waals surface area contributed by atoms with E-state index in [1.807, 2.05) is 0 Å². The first kappa shape index (κ1) is 13.9. The molecule has 1 aromatic rings. The molecule has 18 heavy (non-hydrogen) atoms. The Labute approximate surface area is 114 Å². The minimum atomic E-state index is -0.461. The Hall–Kier alpha value is -0.510. The van der Waals surface area contributed by atoms with Crippen molar-refractivity contribution in [2.24, 2.45) is 0 Å². The topological polar surface area (TPSA) is 32.3 Å². The van der Waals surface area contributed by atoms with E-state index in [-0.39, 0.29) is 0 Å². The highest BCUT2D eigenvalue weighted by molar-refractivity contribution is 7.98. The molecule has 1 saturated carbocycles. The van der Waals surface area contributed by atoms with E-state index in [0.29, 0.717) is 0 Å². The first-order valence-electron chi connectivity index (χ1n) is 6.78. The third kappa shape index (κ3) is 4.01. The molecule has 1 fully saturated rings. The molecule has 0 bridgehead atoms. The van der Waals surface area contributed by atoms with E-state index in [1.165, 1.54) is 29.7 Å². The summed E-state index contributed by atoms with van der Waals surface area (Å²) in [6, 6.07) is 8.61. The number of aliphatic hydroxyl groups is 1. The lowest BCUT2D eigenvalue weighted by molar-refractivity contribution is 0.00467. The van der Waals surface area contributed by atoms with Crippen LogP contribution in [-0.4, -0.2) is 23.5 Å². The molecule has 2 rings (SSSR count). The van der Waals surface area contributed by atoms with Crippen molar-refractivity contribution < 1.29 is 5.11 Å². The molecule has 2 N–H and O–H groups in total. The van der Waals surface area contributed by atoms with E-state index in [2.05, 4.69) is 35.8 Å². The molecule has 0 atom stereocenters. The van der Waals surface area contributed by atoms with Crippen molar-refractivity contribution in [2.45, 2.75) is 49.1 Å². The minimum absolute atomic E-state index is 0.461. The van der Waals surface area contributed by atoms with Gasteiger partial charge in [0.25, 0.3) is 0 Å². The zero-order valence-electron chi connectivity index (χ0n) is 11.1. The van der Waals surface area contributed by atoms with E-state index in [9.17, 15) is 5.11 Å². The van der Waals surface area contributed by atoms with Gasteiger partial charge in [0.1, 0.15) is 0 Å². The van der Waals surface area contributed by atoms with Crippen LogP contribution in [0, 0.1) is 0 Å². The summed E-state index contributed by atoms with van der Waals surface area (Å²) in [7, 11) is 0. The molecule has 3 heteroatoms. The number of thioether (sulfide) groups is 1. The van der Waals surface area contributed by atoms with Crippen LogP contribution in [0.3, 0.4) is 0 Å². The van der Waals surface area contributed by atoms with Crippen molar-refractivity contribution in [3.05, 3.63) is 29.8 Å². The van der Waals surface area contributed by atoms with Gasteiger partial charge < -0.3 is 10.4 Å². The average molecular weight is 265 g/mol. The van der Waals surface area contributed by atoms with Crippen LogP contribution in [0.4, 0.5) is 0 Å². The Morgan fingerprint density at radius 1 is 1.17 bits per heavy atom. The fourth-order valence-electron chi connectivity index (χ4n) is 2.57. The lowest BCUT2D eigenvalue weighted by Gasteiger charge is -2.32. The smallest absolute Gasteiger partial charge is 0.0771 e. The van der Waals surface area contributed by atoms with Gasteiger partial charge >= 0.3 is 0 Å². The van der Waals surface area contributed by atoms with Gasteiger partial charge in [0.2, 0.25) is 0 Å².